The second-order valence-corrected chi connectivity index (χ2v) is 8.16. The van der Waals surface area contributed by atoms with Crippen LogP contribution in [0.5, 0.6) is 0 Å². The predicted octanol–water partition coefficient (Wildman–Crippen LogP) is 2.76. The number of amides is 2. The Hall–Kier alpha value is -2.55. The number of thioether (sulfide) groups is 1. The third-order valence-corrected chi connectivity index (χ3v) is 5.94. The Morgan fingerprint density at radius 3 is 2.86 bits per heavy atom. The van der Waals surface area contributed by atoms with Crippen LogP contribution < -0.4 is 5.32 Å². The van der Waals surface area contributed by atoms with Gasteiger partial charge in [-0.05, 0) is 37.1 Å². The maximum Gasteiger partial charge on any atom is 0.260 e. The zero-order valence-electron chi connectivity index (χ0n) is 15.2. The van der Waals surface area contributed by atoms with E-state index in [1.165, 1.54) is 42.4 Å². The quantitative estimate of drug-likeness (QED) is 0.832. The van der Waals surface area contributed by atoms with Gasteiger partial charge in [-0.25, -0.2) is 9.38 Å². The van der Waals surface area contributed by atoms with E-state index in [9.17, 15) is 14.0 Å². The summed E-state index contributed by atoms with van der Waals surface area (Å²) in [7, 11) is 0. The molecule has 1 atom stereocenters. The van der Waals surface area contributed by atoms with Crippen LogP contribution in [0.3, 0.4) is 0 Å². The molecule has 0 radical (unpaired) electrons. The van der Waals surface area contributed by atoms with Crippen molar-refractivity contribution in [1.82, 2.24) is 14.8 Å². The van der Waals surface area contributed by atoms with Gasteiger partial charge in [0.05, 0.1) is 11.5 Å². The molecule has 3 heterocycles. The fourth-order valence-corrected chi connectivity index (χ4v) is 4.44. The van der Waals surface area contributed by atoms with Crippen molar-refractivity contribution >= 4 is 34.3 Å². The molecule has 0 aliphatic carbocycles. The highest BCUT2D eigenvalue weighted by molar-refractivity contribution is 8.15. The lowest BCUT2D eigenvalue weighted by atomic mass is 10.2. The molecule has 0 bridgehead atoms. The number of fused-ring (bicyclic) bond motifs is 1. The van der Waals surface area contributed by atoms with Crippen molar-refractivity contribution in [2.45, 2.75) is 50.3 Å². The van der Waals surface area contributed by atoms with Crippen LogP contribution in [0.4, 0.5) is 10.1 Å². The second-order valence-electron chi connectivity index (χ2n) is 6.88. The summed E-state index contributed by atoms with van der Waals surface area (Å²) >= 11 is 1.31. The summed E-state index contributed by atoms with van der Waals surface area (Å²) in [6.45, 7) is 0.896. The normalized spacial score (nSPS) is 19.1. The standard InChI is InChI=1S/C19H20FN5O2S/c20-12-5-7-13(8-6-12)21-17(26)10-14-19(27)22-18(28-14)11-16-24-23-15-4-2-1-3-9-25(15)16/h5-8,14H,1-4,9-11H2,(H,21,26)/t14-/m0/s1. The molecule has 2 aromatic rings. The molecule has 0 saturated carbocycles. The second kappa shape index (κ2) is 8.22. The fourth-order valence-electron chi connectivity index (χ4n) is 3.37. The van der Waals surface area contributed by atoms with Crippen LogP contribution in [-0.4, -0.2) is 36.9 Å². The number of nitrogens with one attached hydrogen (secondary N) is 1. The number of carbonyl (C=O) groups is 2. The highest BCUT2D eigenvalue weighted by Gasteiger charge is 2.31. The van der Waals surface area contributed by atoms with Gasteiger partial charge >= 0.3 is 0 Å². The molecule has 4 rings (SSSR count). The maximum absolute atomic E-state index is 12.9. The van der Waals surface area contributed by atoms with Crippen molar-refractivity contribution in [3.05, 3.63) is 41.7 Å². The summed E-state index contributed by atoms with van der Waals surface area (Å²) < 4.78 is 15.1. The van der Waals surface area contributed by atoms with Crippen LogP contribution in [0.2, 0.25) is 0 Å². The van der Waals surface area contributed by atoms with Gasteiger partial charge in [0, 0.05) is 25.1 Å². The molecule has 0 unspecified atom stereocenters. The molecule has 1 aromatic carbocycles. The van der Waals surface area contributed by atoms with Gasteiger partial charge in [0.2, 0.25) is 5.91 Å². The summed E-state index contributed by atoms with van der Waals surface area (Å²) in [6, 6.07) is 5.51. The topological polar surface area (TPSA) is 89.2 Å². The number of aromatic nitrogens is 3. The third-order valence-electron chi connectivity index (χ3n) is 4.78. The van der Waals surface area contributed by atoms with Gasteiger partial charge in [0.25, 0.3) is 5.91 Å². The molecule has 1 N–H and O–H groups in total. The number of aliphatic imine (C=N–C) groups is 1. The molecule has 7 nitrogen and oxygen atoms in total. The number of halogens is 1. The maximum atomic E-state index is 12.9. The first-order valence-electron chi connectivity index (χ1n) is 9.33. The third kappa shape index (κ3) is 4.30. The molecule has 0 fully saturated rings. The first-order valence-corrected chi connectivity index (χ1v) is 10.2. The number of aryl methyl sites for hydroxylation is 1. The molecule has 2 amide bonds. The monoisotopic (exact) mass is 401 g/mol. The molecule has 0 spiro atoms. The summed E-state index contributed by atoms with van der Waals surface area (Å²) in [5.41, 5.74) is 0.495. The minimum atomic E-state index is -0.540. The molecular weight excluding hydrogens is 381 g/mol. The Kier molecular flexibility index (Phi) is 5.52. The molecule has 28 heavy (non-hydrogen) atoms. The Balaban J connectivity index is 1.35. The number of carbonyl (C=O) groups excluding carboxylic acids is 2. The van der Waals surface area contributed by atoms with E-state index in [1.807, 2.05) is 0 Å². The van der Waals surface area contributed by atoms with E-state index < -0.39 is 5.25 Å². The van der Waals surface area contributed by atoms with Gasteiger partial charge in [-0.2, -0.15) is 0 Å². The van der Waals surface area contributed by atoms with Gasteiger partial charge in [-0.15, -0.1) is 10.2 Å². The number of hydrogen-bond donors (Lipinski definition) is 1. The van der Waals surface area contributed by atoms with Gasteiger partial charge < -0.3 is 9.88 Å². The summed E-state index contributed by atoms with van der Waals surface area (Å²) in [6.07, 6.45) is 4.81. The Morgan fingerprint density at radius 2 is 2.04 bits per heavy atom. The zero-order valence-corrected chi connectivity index (χ0v) is 16.0. The van der Waals surface area contributed by atoms with Crippen molar-refractivity contribution in [3.8, 4) is 0 Å². The van der Waals surface area contributed by atoms with Crippen molar-refractivity contribution in [1.29, 1.82) is 0 Å². The van der Waals surface area contributed by atoms with Crippen molar-refractivity contribution in [2.24, 2.45) is 4.99 Å². The fraction of sp³-hybridized carbons (Fsp3) is 0.421. The minimum Gasteiger partial charge on any atom is -0.326 e. The first kappa shape index (κ1) is 18.8. The van der Waals surface area contributed by atoms with E-state index >= 15 is 0 Å². The highest BCUT2D eigenvalue weighted by Crippen LogP contribution is 2.28. The van der Waals surface area contributed by atoms with Crippen molar-refractivity contribution < 1.29 is 14.0 Å². The van der Waals surface area contributed by atoms with Gasteiger partial charge in [-0.3, -0.25) is 9.59 Å². The predicted molar refractivity (Wildman–Crippen MR) is 105 cm³/mol. The number of benzene rings is 1. The van der Waals surface area contributed by atoms with E-state index in [0.717, 1.165) is 37.5 Å². The summed E-state index contributed by atoms with van der Waals surface area (Å²) in [5, 5.41) is 11.4. The molecule has 1 aromatic heterocycles. The lowest BCUT2D eigenvalue weighted by Gasteiger charge is -2.09. The minimum absolute atomic E-state index is 0.0197. The smallest absolute Gasteiger partial charge is 0.260 e. The van der Waals surface area contributed by atoms with Gasteiger partial charge in [-0.1, -0.05) is 18.2 Å². The van der Waals surface area contributed by atoms with Crippen LogP contribution in [0.25, 0.3) is 0 Å². The SMILES string of the molecule is O=C(C[C@@H]1SC(Cc2nnc3n2CCCCC3)=NC1=O)Nc1ccc(F)cc1. The first-order chi connectivity index (χ1) is 13.6. The van der Waals surface area contributed by atoms with Crippen molar-refractivity contribution in [3.63, 3.8) is 0 Å². The van der Waals surface area contributed by atoms with Gasteiger partial charge in [0.15, 0.2) is 0 Å². The Labute approximate surface area is 165 Å². The summed E-state index contributed by atoms with van der Waals surface area (Å²) in [5.74, 6) is 0.851. The van der Waals surface area contributed by atoms with Crippen LogP contribution >= 0.6 is 11.8 Å². The van der Waals surface area contributed by atoms with E-state index in [0.29, 0.717) is 17.2 Å². The summed E-state index contributed by atoms with van der Waals surface area (Å²) in [4.78, 5) is 28.5. The van der Waals surface area contributed by atoms with E-state index in [-0.39, 0.29) is 24.1 Å². The lowest BCUT2D eigenvalue weighted by Crippen LogP contribution is -2.21. The van der Waals surface area contributed by atoms with Crippen molar-refractivity contribution in [2.75, 3.05) is 5.32 Å². The lowest BCUT2D eigenvalue weighted by molar-refractivity contribution is -0.121. The molecule has 2 aliphatic heterocycles. The largest absolute Gasteiger partial charge is 0.326 e. The molecule has 9 heteroatoms. The van der Waals surface area contributed by atoms with E-state index in [1.54, 1.807) is 0 Å². The molecular formula is C19H20FN5O2S. The van der Waals surface area contributed by atoms with Gasteiger partial charge in [0.1, 0.15) is 22.7 Å². The molecule has 0 saturated heterocycles. The Morgan fingerprint density at radius 1 is 1.21 bits per heavy atom. The number of rotatable bonds is 5. The van der Waals surface area contributed by atoms with Crippen LogP contribution in [0.15, 0.2) is 29.3 Å². The average Bonchev–Trinajstić information content (AvgIpc) is 3.10. The number of anilines is 1. The van der Waals surface area contributed by atoms with E-state index in [4.69, 9.17) is 0 Å². The van der Waals surface area contributed by atoms with Crippen LogP contribution in [0, 0.1) is 5.82 Å². The zero-order chi connectivity index (χ0) is 19.5. The average molecular weight is 401 g/mol. The van der Waals surface area contributed by atoms with E-state index in [2.05, 4.69) is 25.1 Å². The number of nitrogens with zero attached hydrogens (tertiary/aromatic N) is 4. The van der Waals surface area contributed by atoms with Crippen LogP contribution in [-0.2, 0) is 29.0 Å². The highest BCUT2D eigenvalue weighted by atomic mass is 32.2. The molecule has 2 aliphatic rings. The Bertz CT molecular complexity index is 925. The number of hydrogen-bond acceptors (Lipinski definition) is 5. The molecule has 146 valence electrons. The van der Waals surface area contributed by atoms with Crippen LogP contribution in [0.1, 0.15) is 37.3 Å².